The maximum atomic E-state index is 11.5. The number of oxime groups is 1. The van der Waals surface area contributed by atoms with E-state index in [1.54, 1.807) is 85.5 Å². The van der Waals surface area contributed by atoms with E-state index in [0.717, 1.165) is 69.1 Å². The second-order valence-electron chi connectivity index (χ2n) is 26.0. The number of esters is 1. The van der Waals surface area contributed by atoms with Crippen LogP contribution in [0.3, 0.4) is 0 Å². The molecule has 1 atom stereocenters. The molecule has 5 aromatic rings. The van der Waals surface area contributed by atoms with Crippen molar-refractivity contribution in [3.8, 4) is 0 Å². The molecule has 1 aliphatic heterocycles. The minimum absolute atomic E-state index is 0.0231. The van der Waals surface area contributed by atoms with Gasteiger partial charge in [-0.1, -0.05) is 29.4 Å². The quantitative estimate of drug-likeness (QED) is 0.0118. The van der Waals surface area contributed by atoms with E-state index in [1.807, 2.05) is 79.8 Å². The maximum absolute atomic E-state index is 11.5. The fourth-order valence-electron chi connectivity index (χ4n) is 7.79. The Morgan fingerprint density at radius 1 is 0.576 bits per heavy atom. The molecular formula is C81H120F6N12O18S. The number of ether oxygens (including phenoxy) is 2. The lowest BCUT2D eigenvalue weighted by atomic mass is 9.93. The molecule has 3 N–H and O–H groups in total. The number of pyridine rings is 1. The Labute approximate surface area is 691 Å². The van der Waals surface area contributed by atoms with Crippen molar-refractivity contribution in [3.05, 3.63) is 114 Å². The third-order valence-corrected chi connectivity index (χ3v) is 14.5. The molecule has 1 saturated carbocycles. The number of hydrogen-bond acceptors (Lipinski definition) is 27. The monoisotopic (exact) mass is 1690 g/mol. The van der Waals surface area contributed by atoms with Crippen LogP contribution >= 0.6 is 11.3 Å². The molecular weight excluding hydrogens is 1580 g/mol. The Balaban J connectivity index is -0.000000395. The Morgan fingerprint density at radius 2 is 1.10 bits per heavy atom. The predicted octanol–water partition coefficient (Wildman–Crippen LogP) is 11.8. The van der Waals surface area contributed by atoms with Gasteiger partial charge in [-0.15, -0.1) is 11.3 Å². The number of carbonyl (C=O) groups excluding carboxylic acids is 15. The van der Waals surface area contributed by atoms with Crippen molar-refractivity contribution in [1.29, 1.82) is 0 Å². The first-order valence-corrected chi connectivity index (χ1v) is 38.4. The summed E-state index contributed by atoms with van der Waals surface area (Å²) < 4.78 is 79.5. The average Bonchev–Trinajstić information content (AvgIpc) is 1.23. The molecule has 7 rings (SSSR count). The van der Waals surface area contributed by atoms with E-state index in [0.29, 0.717) is 82.7 Å². The lowest BCUT2D eigenvalue weighted by Gasteiger charge is -2.26. The van der Waals surface area contributed by atoms with Gasteiger partial charge < -0.3 is 63.9 Å². The molecule has 37 heteroatoms. The average molecular weight is 1700 g/mol. The lowest BCUT2D eigenvalue weighted by molar-refractivity contribution is -0.143. The minimum atomic E-state index is -4.40. The van der Waals surface area contributed by atoms with Crippen molar-refractivity contribution in [2.24, 2.45) is 12.2 Å². The molecule has 3 amide bonds. The van der Waals surface area contributed by atoms with E-state index >= 15 is 0 Å². The first-order chi connectivity index (χ1) is 55.2. The molecule has 4 aromatic heterocycles. The Kier molecular flexibility index (Phi) is 72.5. The number of methoxy groups -OCH3 is 1. The number of Topliss-reactive ketones (excluding diaryl/α,β-unsaturated/α-hetero) is 11. The maximum Gasteiger partial charge on any atom is 0.405 e. The van der Waals surface area contributed by atoms with Gasteiger partial charge in [-0.2, -0.15) is 31.4 Å². The van der Waals surface area contributed by atoms with Crippen LogP contribution in [0.4, 0.5) is 32.0 Å². The van der Waals surface area contributed by atoms with Crippen LogP contribution in [0.1, 0.15) is 216 Å². The van der Waals surface area contributed by atoms with Crippen LogP contribution in [0.2, 0.25) is 0 Å². The van der Waals surface area contributed by atoms with Gasteiger partial charge in [-0.25, -0.2) is 19.9 Å². The minimum Gasteiger partial charge on any atom is -0.469 e. The van der Waals surface area contributed by atoms with Crippen molar-refractivity contribution in [2.75, 3.05) is 52.4 Å². The molecule has 660 valence electrons. The molecule has 1 saturated heterocycles. The number of ketones is 11. The number of aryl methyl sites for hydroxylation is 3. The molecule has 5 heterocycles. The lowest BCUT2D eigenvalue weighted by Crippen LogP contribution is -2.39. The number of amides is 3. The zero-order chi connectivity index (χ0) is 90.9. The van der Waals surface area contributed by atoms with Gasteiger partial charge in [0, 0.05) is 139 Å². The summed E-state index contributed by atoms with van der Waals surface area (Å²) in [5, 5.41) is 16.2. The van der Waals surface area contributed by atoms with Crippen LogP contribution in [-0.2, 0) is 113 Å². The molecule has 0 radical (unpaired) electrons. The van der Waals surface area contributed by atoms with Gasteiger partial charge in [0.05, 0.1) is 50.0 Å². The standard InChI is InChI=1S/C10H13NO.C9H15NO2.C9H11NO.C7H10F3NO2.C7H8N2O.C7H13NO2.C7H9NOS.C7H12O2.C5H7F3O.C5H9NO2.C5H8O3.C3H5N3/c1-9(12)8-11(2)10-6-4-3-5-7-10;1-7(11)5-6-9(12)10-8-3-2-4-8;1-8(11)5-6-9-4-2-3-7-10-9;1-5(12)2-3-6(13)11-4-7(8,9)10;1-6(10)5-7-8-3-2-4-9-7;1-3-8-7(10)5-4-6(2)9;1-6(9)2-3-7-4-10-5-8-7;1-6(8)5-7-3-2-4-9-7;1-4(9)2-3-5(6,7)8;1-5(7)3-4-6-8-2;1-4(6)3-5(7)8-2;1-6-3-4-2-5-6/h3-7H,8H2,1-2H3;8H,2-6H2,1H3,(H,10,12);2-4,7H,5-6H2,1H3;2-4H2,1H3,(H,11,13);2-4H,5H2,1H3;3-5H2,1-2H3,(H,8,10);4-5H,2-3H2,1H3;7H,2-5H2,1H3;2-3H2,1H3;4H,3H2,1-2H3;3H2,1-2H3;2-3H,1H3/b;;;;;;;;;6-4+;;. The van der Waals surface area contributed by atoms with E-state index in [2.05, 4.69) is 55.4 Å². The Bertz CT molecular complexity index is 3650. The molecule has 2 fully saturated rings. The van der Waals surface area contributed by atoms with Crippen LogP contribution in [0.5, 0.6) is 0 Å². The SMILES string of the molecule is CC(=O)CC1CCCO1.CC(=O)CCC(=O)NC1CCC1.CC(=O)CCC(=O)NCC(F)(F)F.CC(=O)CCC(F)(F)F.CC(=O)CCc1ccccn1.CC(=O)CCc1cscn1.CC(=O)CN(C)c1ccccc1.CC(=O)Cc1ncccn1.CCNC(=O)CCC(C)=O.CO/N=C/CC(C)=O.COC(=O)CC(C)=O.Cn1cncn1. The van der Waals surface area contributed by atoms with Crippen LogP contribution in [0.15, 0.2) is 102 Å². The van der Waals surface area contributed by atoms with E-state index in [4.69, 9.17) is 4.74 Å². The van der Waals surface area contributed by atoms with E-state index in [1.165, 1.54) is 74.7 Å². The first kappa shape index (κ1) is 116. The van der Waals surface area contributed by atoms with Crippen LogP contribution in [0, 0.1) is 0 Å². The highest BCUT2D eigenvalue weighted by Gasteiger charge is 2.28. The largest absolute Gasteiger partial charge is 0.469 e. The number of carbonyl (C=O) groups is 15. The number of anilines is 1. The number of likely N-dealkylation sites (N-methyl/N-ethyl adjacent to an activating group) is 1. The van der Waals surface area contributed by atoms with Crippen molar-refractivity contribution < 1.29 is 113 Å². The summed E-state index contributed by atoms with van der Waals surface area (Å²) in [7, 11) is 6.44. The molecule has 30 nitrogen and oxygen atoms in total. The number of para-hydroxylation sites is 1. The van der Waals surface area contributed by atoms with Gasteiger partial charge in [-0.3, -0.25) is 52.8 Å². The van der Waals surface area contributed by atoms with Crippen molar-refractivity contribution in [2.45, 2.75) is 242 Å². The van der Waals surface area contributed by atoms with Gasteiger partial charge in [0.25, 0.3) is 0 Å². The second kappa shape index (κ2) is 73.9. The second-order valence-corrected chi connectivity index (χ2v) is 26.8. The number of benzene rings is 1. The number of hydrogen-bond donors (Lipinski definition) is 3. The molecule has 2 aliphatic rings. The normalized spacial score (nSPS) is 11.7. The third kappa shape index (κ3) is 92.5. The van der Waals surface area contributed by atoms with Gasteiger partial charge >= 0.3 is 18.3 Å². The molecule has 0 bridgehead atoms. The highest BCUT2D eigenvalue weighted by molar-refractivity contribution is 7.07. The molecule has 1 unspecified atom stereocenters. The van der Waals surface area contributed by atoms with Gasteiger partial charge in [0.15, 0.2) is 0 Å². The highest BCUT2D eigenvalue weighted by Crippen LogP contribution is 2.21. The van der Waals surface area contributed by atoms with E-state index < -0.39 is 49.4 Å². The number of alkyl halides is 6. The molecule has 1 aliphatic carbocycles. The topological polar surface area (TPSA) is 418 Å². The number of halogens is 6. The number of nitrogens with one attached hydrogen (secondary N) is 3. The van der Waals surface area contributed by atoms with Crippen LogP contribution in [-0.4, -0.2) is 200 Å². The van der Waals surface area contributed by atoms with Crippen LogP contribution < -0.4 is 20.9 Å². The number of rotatable bonds is 32. The van der Waals surface area contributed by atoms with Crippen molar-refractivity contribution >= 4 is 111 Å². The summed E-state index contributed by atoms with van der Waals surface area (Å²) in [6.07, 6.45) is 10.6. The third-order valence-electron chi connectivity index (χ3n) is 13.8. The predicted molar refractivity (Wildman–Crippen MR) is 434 cm³/mol. The molecule has 1 aromatic carbocycles. The summed E-state index contributed by atoms with van der Waals surface area (Å²) in [4.78, 5) is 183. The van der Waals surface area contributed by atoms with Crippen molar-refractivity contribution in [3.63, 3.8) is 0 Å². The Hall–Kier alpha value is -10.7. The number of nitrogens with zero attached hydrogens (tertiary/aromatic N) is 9. The van der Waals surface area contributed by atoms with Crippen molar-refractivity contribution in [1.82, 2.24) is 50.7 Å². The van der Waals surface area contributed by atoms with Gasteiger partial charge in [0.2, 0.25) is 17.7 Å². The van der Waals surface area contributed by atoms with Crippen LogP contribution in [0.25, 0.3) is 0 Å². The van der Waals surface area contributed by atoms with E-state index in [9.17, 15) is 98.3 Å². The fraction of sp³-hybridized carbons (Fsp3) is 0.556. The number of thiazole rings is 1. The fourth-order valence-corrected chi connectivity index (χ4v) is 8.38. The zero-order valence-corrected chi connectivity index (χ0v) is 71.5. The highest BCUT2D eigenvalue weighted by atomic mass is 32.1. The first-order valence-electron chi connectivity index (χ1n) is 37.5. The number of aromatic nitrogens is 7. The van der Waals surface area contributed by atoms with E-state index in [-0.39, 0.29) is 95.0 Å². The summed E-state index contributed by atoms with van der Waals surface area (Å²) in [6.45, 7) is 18.7. The summed E-state index contributed by atoms with van der Waals surface area (Å²) in [5.41, 5.74) is 4.88. The zero-order valence-electron chi connectivity index (χ0n) is 70.7. The summed E-state index contributed by atoms with van der Waals surface area (Å²) >= 11 is 1.57. The Morgan fingerprint density at radius 3 is 1.46 bits per heavy atom. The summed E-state index contributed by atoms with van der Waals surface area (Å²) in [6, 6.07) is 17.7. The smallest absolute Gasteiger partial charge is 0.405 e. The molecule has 0 spiro atoms. The van der Waals surface area contributed by atoms with Gasteiger partial charge in [0.1, 0.15) is 102 Å². The summed E-state index contributed by atoms with van der Waals surface area (Å²) in [5.74, 6) is -0.284. The van der Waals surface area contributed by atoms with Gasteiger partial charge in [-0.05, 0) is 158 Å². The molecule has 118 heavy (non-hydrogen) atoms.